The fourth-order valence-corrected chi connectivity index (χ4v) is 1.86. The lowest BCUT2D eigenvalue weighted by atomic mass is 10.1. The van der Waals surface area contributed by atoms with Gasteiger partial charge >= 0.3 is 0 Å². The number of aryl methyl sites for hydroxylation is 2. The smallest absolute Gasteiger partial charge is 0.0510 e. The van der Waals surface area contributed by atoms with E-state index < -0.39 is 0 Å². The first kappa shape index (κ1) is 9.07. The van der Waals surface area contributed by atoms with Gasteiger partial charge in [0.1, 0.15) is 0 Å². The fraction of sp³-hybridized carbons (Fsp3) is 0.231. The zero-order valence-corrected chi connectivity index (χ0v) is 8.70. The number of benzene rings is 1. The third-order valence-electron chi connectivity index (χ3n) is 2.56. The highest BCUT2D eigenvalue weighted by molar-refractivity contribution is 5.47. The van der Waals surface area contributed by atoms with E-state index in [2.05, 4.69) is 61.1 Å². The van der Waals surface area contributed by atoms with Crippen molar-refractivity contribution < 1.29 is 0 Å². The first-order valence-electron chi connectivity index (χ1n) is 5.04. The van der Waals surface area contributed by atoms with Crippen molar-refractivity contribution in [1.82, 2.24) is 4.57 Å². The zero-order chi connectivity index (χ0) is 9.97. The highest BCUT2D eigenvalue weighted by Gasteiger charge is 2.04. The van der Waals surface area contributed by atoms with Crippen LogP contribution in [-0.2, 0) is 6.42 Å². The van der Waals surface area contributed by atoms with Crippen LogP contribution in [0.4, 0.5) is 0 Å². The highest BCUT2D eigenvalue weighted by atomic mass is 14.9. The van der Waals surface area contributed by atoms with E-state index in [1.807, 2.05) is 0 Å². The molecule has 0 saturated carbocycles. The van der Waals surface area contributed by atoms with Crippen LogP contribution in [0.5, 0.6) is 0 Å². The number of hydrogen-bond donors (Lipinski definition) is 0. The van der Waals surface area contributed by atoms with Gasteiger partial charge in [-0.2, -0.15) is 0 Å². The Morgan fingerprint density at radius 2 is 1.79 bits per heavy atom. The minimum atomic E-state index is 1.08. The van der Waals surface area contributed by atoms with E-state index in [4.69, 9.17) is 0 Å². The third kappa shape index (κ3) is 1.46. The Bertz CT molecular complexity index is 413. The Labute approximate surface area is 85.0 Å². The number of para-hydroxylation sites is 1. The Morgan fingerprint density at radius 3 is 2.43 bits per heavy atom. The predicted molar refractivity (Wildman–Crippen MR) is 59.9 cm³/mol. The van der Waals surface area contributed by atoms with Crippen molar-refractivity contribution in [3.8, 4) is 5.69 Å². The average molecular weight is 185 g/mol. The van der Waals surface area contributed by atoms with Crippen LogP contribution in [0.25, 0.3) is 5.69 Å². The molecule has 14 heavy (non-hydrogen) atoms. The van der Waals surface area contributed by atoms with E-state index in [0.29, 0.717) is 0 Å². The molecular formula is C13H15N. The van der Waals surface area contributed by atoms with E-state index in [1.54, 1.807) is 0 Å². The van der Waals surface area contributed by atoms with Gasteiger partial charge in [0, 0.05) is 12.4 Å². The monoisotopic (exact) mass is 185 g/mol. The molecule has 0 amide bonds. The quantitative estimate of drug-likeness (QED) is 0.676. The van der Waals surface area contributed by atoms with Gasteiger partial charge in [0.2, 0.25) is 0 Å². The molecule has 0 fully saturated rings. The second kappa shape index (κ2) is 3.70. The first-order valence-corrected chi connectivity index (χ1v) is 5.04. The molecule has 0 saturated heterocycles. The normalized spacial score (nSPS) is 10.4. The molecule has 0 bridgehead atoms. The van der Waals surface area contributed by atoms with Crippen LogP contribution in [0.1, 0.15) is 18.1 Å². The van der Waals surface area contributed by atoms with Crippen LogP contribution in [0.2, 0.25) is 0 Å². The summed E-state index contributed by atoms with van der Waals surface area (Å²) in [6.07, 6.45) is 5.28. The van der Waals surface area contributed by atoms with Gasteiger partial charge in [-0.25, -0.2) is 0 Å². The molecule has 1 heterocycles. The largest absolute Gasteiger partial charge is 0.323 e. The number of nitrogens with zero attached hydrogens (tertiary/aromatic N) is 1. The van der Waals surface area contributed by atoms with Crippen molar-refractivity contribution in [2.24, 2.45) is 0 Å². The molecule has 2 rings (SSSR count). The maximum Gasteiger partial charge on any atom is 0.0510 e. The summed E-state index contributed by atoms with van der Waals surface area (Å²) in [4.78, 5) is 0. The molecule has 0 spiro atoms. The van der Waals surface area contributed by atoms with Gasteiger partial charge in [0.05, 0.1) is 5.69 Å². The third-order valence-corrected chi connectivity index (χ3v) is 2.56. The van der Waals surface area contributed by atoms with Gasteiger partial charge in [-0.05, 0) is 36.6 Å². The minimum Gasteiger partial charge on any atom is -0.323 e. The van der Waals surface area contributed by atoms with Crippen molar-refractivity contribution in [2.45, 2.75) is 20.3 Å². The summed E-state index contributed by atoms with van der Waals surface area (Å²) in [6, 6.07) is 10.6. The van der Waals surface area contributed by atoms with Crippen LogP contribution in [0, 0.1) is 6.92 Å². The molecule has 72 valence electrons. The van der Waals surface area contributed by atoms with E-state index in [1.165, 1.54) is 16.8 Å². The van der Waals surface area contributed by atoms with E-state index >= 15 is 0 Å². The number of rotatable bonds is 2. The molecule has 1 aromatic heterocycles. The van der Waals surface area contributed by atoms with E-state index in [9.17, 15) is 0 Å². The summed E-state index contributed by atoms with van der Waals surface area (Å²) in [5.41, 5.74) is 4.07. The Balaban J connectivity index is 2.61. The summed E-state index contributed by atoms with van der Waals surface area (Å²) in [5, 5.41) is 0. The summed E-state index contributed by atoms with van der Waals surface area (Å²) < 4.78 is 2.19. The summed E-state index contributed by atoms with van der Waals surface area (Å²) in [7, 11) is 0. The van der Waals surface area contributed by atoms with E-state index in [-0.39, 0.29) is 0 Å². The lowest BCUT2D eigenvalue weighted by Crippen LogP contribution is -1.98. The average Bonchev–Trinajstić information content (AvgIpc) is 2.70. The van der Waals surface area contributed by atoms with E-state index in [0.717, 1.165) is 6.42 Å². The van der Waals surface area contributed by atoms with Crippen LogP contribution in [0.15, 0.2) is 42.7 Å². The molecule has 0 atom stereocenters. The van der Waals surface area contributed by atoms with Gasteiger partial charge in [0.25, 0.3) is 0 Å². The molecule has 0 aliphatic heterocycles. The van der Waals surface area contributed by atoms with Crippen molar-refractivity contribution >= 4 is 0 Å². The summed E-state index contributed by atoms with van der Waals surface area (Å²) in [6.45, 7) is 4.36. The van der Waals surface area contributed by atoms with Crippen molar-refractivity contribution in [3.05, 3.63) is 53.9 Å². The van der Waals surface area contributed by atoms with Gasteiger partial charge in [0.15, 0.2) is 0 Å². The second-order valence-electron chi connectivity index (χ2n) is 3.53. The molecule has 0 radical (unpaired) electrons. The molecule has 0 aliphatic rings. The van der Waals surface area contributed by atoms with Crippen molar-refractivity contribution in [1.29, 1.82) is 0 Å². The summed E-state index contributed by atoms with van der Waals surface area (Å²) in [5.74, 6) is 0. The fourth-order valence-electron chi connectivity index (χ4n) is 1.86. The molecule has 1 heteroatoms. The topological polar surface area (TPSA) is 4.93 Å². The van der Waals surface area contributed by atoms with Gasteiger partial charge in [-0.1, -0.05) is 25.1 Å². The minimum absolute atomic E-state index is 1.08. The van der Waals surface area contributed by atoms with Crippen molar-refractivity contribution in [3.63, 3.8) is 0 Å². The number of aromatic nitrogens is 1. The molecule has 0 aliphatic carbocycles. The maximum absolute atomic E-state index is 2.20. The second-order valence-corrected chi connectivity index (χ2v) is 3.53. The molecule has 1 aromatic carbocycles. The Morgan fingerprint density at radius 1 is 1.07 bits per heavy atom. The maximum atomic E-state index is 2.20. The molecular weight excluding hydrogens is 170 g/mol. The lowest BCUT2D eigenvalue weighted by molar-refractivity contribution is 1.00. The number of hydrogen-bond acceptors (Lipinski definition) is 0. The van der Waals surface area contributed by atoms with Crippen LogP contribution < -0.4 is 0 Å². The highest BCUT2D eigenvalue weighted by Crippen LogP contribution is 2.19. The Kier molecular flexibility index (Phi) is 2.40. The summed E-state index contributed by atoms with van der Waals surface area (Å²) >= 11 is 0. The Hall–Kier alpha value is -1.50. The zero-order valence-electron chi connectivity index (χ0n) is 8.70. The molecule has 0 N–H and O–H groups in total. The molecule has 2 aromatic rings. The van der Waals surface area contributed by atoms with Gasteiger partial charge < -0.3 is 4.57 Å². The van der Waals surface area contributed by atoms with Crippen molar-refractivity contribution in [2.75, 3.05) is 0 Å². The lowest BCUT2D eigenvalue weighted by Gasteiger charge is -2.12. The van der Waals surface area contributed by atoms with Gasteiger partial charge in [-0.3, -0.25) is 0 Å². The van der Waals surface area contributed by atoms with Crippen LogP contribution in [0.3, 0.4) is 0 Å². The van der Waals surface area contributed by atoms with Crippen LogP contribution in [-0.4, -0.2) is 4.57 Å². The molecule has 1 nitrogen and oxygen atoms in total. The predicted octanol–water partition coefficient (Wildman–Crippen LogP) is 3.35. The SMILES string of the molecule is CCc1cccc(C)c1-n1cccc1. The standard InChI is InChI=1S/C13H15N/c1-3-12-8-6-7-11(2)13(12)14-9-4-5-10-14/h4-10H,3H2,1-2H3. The molecule has 0 unspecified atom stereocenters. The van der Waals surface area contributed by atoms with Crippen LogP contribution >= 0.6 is 0 Å². The van der Waals surface area contributed by atoms with Gasteiger partial charge in [-0.15, -0.1) is 0 Å². The first-order chi connectivity index (χ1) is 6.83.